The van der Waals surface area contributed by atoms with E-state index in [4.69, 9.17) is 4.74 Å². The summed E-state index contributed by atoms with van der Waals surface area (Å²) >= 11 is 0. The van der Waals surface area contributed by atoms with Crippen LogP contribution in [0.15, 0.2) is 42.5 Å². The van der Waals surface area contributed by atoms with Gasteiger partial charge in [0.15, 0.2) is 0 Å². The van der Waals surface area contributed by atoms with Crippen molar-refractivity contribution in [2.24, 2.45) is 11.3 Å². The molecule has 7 heteroatoms. The van der Waals surface area contributed by atoms with Gasteiger partial charge in [0.05, 0.1) is 12.7 Å². The average molecular weight is 447 g/mol. The van der Waals surface area contributed by atoms with Gasteiger partial charge in [-0.3, -0.25) is 9.69 Å². The summed E-state index contributed by atoms with van der Waals surface area (Å²) in [4.78, 5) is 15.1. The minimum atomic E-state index is -4.42. The highest BCUT2D eigenvalue weighted by Crippen LogP contribution is 2.59. The number of hydrogen-bond acceptors (Lipinski definition) is 3. The normalized spacial score (nSPS) is 20.2. The molecule has 1 saturated carbocycles. The van der Waals surface area contributed by atoms with E-state index < -0.39 is 11.7 Å². The van der Waals surface area contributed by atoms with Crippen molar-refractivity contribution in [2.75, 3.05) is 20.2 Å². The number of nitrogens with zero attached hydrogens (tertiary/aromatic N) is 1. The van der Waals surface area contributed by atoms with E-state index in [9.17, 15) is 18.0 Å². The number of nitrogens with one attached hydrogen (secondary N) is 1. The summed E-state index contributed by atoms with van der Waals surface area (Å²) in [6.07, 6.45) is -1.70. The van der Waals surface area contributed by atoms with Crippen molar-refractivity contribution in [2.45, 2.75) is 45.5 Å². The van der Waals surface area contributed by atoms with Crippen LogP contribution in [-0.2, 0) is 24.1 Å². The predicted octanol–water partition coefficient (Wildman–Crippen LogP) is 4.94. The Balaban J connectivity index is 1.28. The number of likely N-dealkylation sites (tertiary alicyclic amines) is 1. The SMILES string of the molecule is COc1ccc(CN2CCC3(CC2)C[C@@H]3C(=O)NCc2ccccc2C(F)(F)F)cc1C. The molecule has 0 bridgehead atoms. The minimum absolute atomic E-state index is 0.0138. The predicted molar refractivity (Wildman–Crippen MR) is 116 cm³/mol. The maximum atomic E-state index is 13.2. The quantitative estimate of drug-likeness (QED) is 0.683. The summed E-state index contributed by atoms with van der Waals surface area (Å²) < 4.78 is 44.8. The maximum absolute atomic E-state index is 13.2. The first kappa shape index (κ1) is 22.6. The van der Waals surface area contributed by atoms with Crippen LogP contribution < -0.4 is 10.1 Å². The number of aryl methyl sites for hydroxylation is 1. The Bertz CT molecular complexity index is 981. The zero-order chi connectivity index (χ0) is 22.9. The highest BCUT2D eigenvalue weighted by atomic mass is 19.4. The Morgan fingerprint density at radius 3 is 2.56 bits per heavy atom. The number of carbonyl (C=O) groups is 1. The van der Waals surface area contributed by atoms with Gasteiger partial charge in [-0.15, -0.1) is 0 Å². The standard InChI is InChI=1S/C25H29F3N2O2/c1-17-13-18(7-8-22(17)32-2)16-30-11-9-24(10-12-30)14-21(24)23(31)29-15-19-5-3-4-6-20(19)25(26,27)28/h3-8,13,21H,9-12,14-16H2,1-2H3,(H,29,31)/t21-/m1/s1. The number of ether oxygens (including phenoxy) is 1. The Kier molecular flexibility index (Phi) is 6.21. The van der Waals surface area contributed by atoms with E-state index in [1.165, 1.54) is 17.7 Å². The average Bonchev–Trinajstić information content (AvgIpc) is 3.47. The Labute approximate surface area is 186 Å². The Morgan fingerprint density at radius 1 is 1.19 bits per heavy atom. The van der Waals surface area contributed by atoms with Gasteiger partial charge in [-0.25, -0.2) is 0 Å². The van der Waals surface area contributed by atoms with Crippen LogP contribution in [0.25, 0.3) is 0 Å². The molecule has 2 aromatic carbocycles. The second-order valence-corrected chi connectivity index (χ2v) is 9.07. The van der Waals surface area contributed by atoms with E-state index in [0.29, 0.717) is 0 Å². The molecule has 1 saturated heterocycles. The first-order chi connectivity index (χ1) is 15.2. The third-order valence-corrected chi connectivity index (χ3v) is 7.00. The van der Waals surface area contributed by atoms with Gasteiger partial charge in [0.2, 0.25) is 5.91 Å². The molecule has 1 aliphatic heterocycles. The van der Waals surface area contributed by atoms with Crippen LogP contribution in [0.3, 0.4) is 0 Å². The van der Waals surface area contributed by atoms with Crippen molar-refractivity contribution in [1.29, 1.82) is 0 Å². The van der Waals surface area contributed by atoms with Gasteiger partial charge in [-0.1, -0.05) is 30.3 Å². The van der Waals surface area contributed by atoms with Crippen LogP contribution in [0.4, 0.5) is 13.2 Å². The summed E-state index contributed by atoms with van der Waals surface area (Å²) in [5.74, 6) is 0.670. The highest BCUT2D eigenvalue weighted by molar-refractivity contribution is 5.82. The molecule has 1 aliphatic carbocycles. The molecule has 172 valence electrons. The summed E-state index contributed by atoms with van der Waals surface area (Å²) in [6.45, 7) is 4.65. The van der Waals surface area contributed by atoms with Crippen molar-refractivity contribution in [3.63, 3.8) is 0 Å². The lowest BCUT2D eigenvalue weighted by Crippen LogP contribution is -2.36. The van der Waals surface area contributed by atoms with Gasteiger partial charge in [0.25, 0.3) is 0 Å². The zero-order valence-electron chi connectivity index (χ0n) is 18.5. The van der Waals surface area contributed by atoms with Crippen molar-refractivity contribution >= 4 is 5.91 Å². The molecule has 1 heterocycles. The largest absolute Gasteiger partial charge is 0.496 e. The van der Waals surface area contributed by atoms with E-state index >= 15 is 0 Å². The number of halogens is 3. The lowest BCUT2D eigenvalue weighted by Gasteiger charge is -2.33. The molecule has 0 aromatic heterocycles. The van der Waals surface area contributed by atoms with Gasteiger partial charge >= 0.3 is 6.18 Å². The van der Waals surface area contributed by atoms with Crippen molar-refractivity contribution in [1.82, 2.24) is 10.2 Å². The van der Waals surface area contributed by atoms with Gasteiger partial charge in [-0.05, 0) is 73.5 Å². The molecular weight excluding hydrogens is 417 g/mol. The lowest BCUT2D eigenvalue weighted by atomic mass is 9.90. The van der Waals surface area contributed by atoms with Crippen molar-refractivity contribution in [3.05, 3.63) is 64.7 Å². The third-order valence-electron chi connectivity index (χ3n) is 7.00. The fraction of sp³-hybridized carbons (Fsp3) is 0.480. The van der Waals surface area contributed by atoms with E-state index in [2.05, 4.69) is 22.3 Å². The number of amides is 1. The fourth-order valence-corrected chi connectivity index (χ4v) is 4.98. The highest BCUT2D eigenvalue weighted by Gasteiger charge is 2.58. The number of alkyl halides is 3. The first-order valence-corrected chi connectivity index (χ1v) is 11.0. The van der Waals surface area contributed by atoms with Gasteiger partial charge in [-0.2, -0.15) is 13.2 Å². The van der Waals surface area contributed by atoms with Crippen LogP contribution >= 0.6 is 0 Å². The molecule has 1 N–H and O–H groups in total. The topological polar surface area (TPSA) is 41.6 Å². The van der Waals surface area contributed by atoms with Crippen LogP contribution in [-0.4, -0.2) is 31.0 Å². The molecule has 2 fully saturated rings. The minimum Gasteiger partial charge on any atom is -0.496 e. The summed E-state index contributed by atoms with van der Waals surface area (Å²) in [7, 11) is 1.67. The molecule has 1 amide bonds. The Hall–Kier alpha value is -2.54. The number of piperidine rings is 1. The molecule has 4 nitrogen and oxygen atoms in total. The molecule has 1 spiro atoms. The molecule has 0 radical (unpaired) electrons. The van der Waals surface area contributed by atoms with Crippen molar-refractivity contribution in [3.8, 4) is 5.75 Å². The number of benzene rings is 2. The van der Waals surface area contributed by atoms with Crippen molar-refractivity contribution < 1.29 is 22.7 Å². The molecule has 32 heavy (non-hydrogen) atoms. The van der Waals surface area contributed by atoms with Crippen LogP contribution in [0, 0.1) is 18.3 Å². The van der Waals surface area contributed by atoms with E-state index in [1.54, 1.807) is 13.2 Å². The zero-order valence-corrected chi connectivity index (χ0v) is 18.5. The smallest absolute Gasteiger partial charge is 0.416 e. The number of carbonyl (C=O) groups excluding carboxylic acids is 1. The summed E-state index contributed by atoms with van der Waals surface area (Å²) in [6, 6.07) is 11.6. The molecule has 2 aromatic rings. The fourth-order valence-electron chi connectivity index (χ4n) is 4.98. The second kappa shape index (κ2) is 8.77. The van der Waals surface area contributed by atoms with Crippen LogP contribution in [0.5, 0.6) is 5.75 Å². The van der Waals surface area contributed by atoms with Gasteiger partial charge in [0.1, 0.15) is 5.75 Å². The number of methoxy groups -OCH3 is 1. The van der Waals surface area contributed by atoms with Crippen LogP contribution in [0.1, 0.15) is 41.5 Å². The number of hydrogen-bond donors (Lipinski definition) is 1. The first-order valence-electron chi connectivity index (χ1n) is 11.0. The molecular formula is C25H29F3N2O2. The molecule has 0 unspecified atom stereocenters. The number of rotatable bonds is 6. The lowest BCUT2D eigenvalue weighted by molar-refractivity contribution is -0.138. The monoisotopic (exact) mass is 446 g/mol. The van der Waals surface area contributed by atoms with Gasteiger partial charge in [0, 0.05) is 19.0 Å². The summed E-state index contributed by atoms with van der Waals surface area (Å²) in [5.41, 5.74) is 1.79. The third kappa shape index (κ3) is 4.77. The van der Waals surface area contributed by atoms with E-state index in [0.717, 1.165) is 56.3 Å². The van der Waals surface area contributed by atoms with E-state index in [-0.39, 0.29) is 29.3 Å². The van der Waals surface area contributed by atoms with E-state index in [1.807, 2.05) is 13.0 Å². The Morgan fingerprint density at radius 2 is 1.91 bits per heavy atom. The van der Waals surface area contributed by atoms with Crippen LogP contribution in [0.2, 0.25) is 0 Å². The molecule has 4 rings (SSSR count). The molecule has 1 atom stereocenters. The second-order valence-electron chi connectivity index (χ2n) is 9.07. The molecule has 2 aliphatic rings. The maximum Gasteiger partial charge on any atom is 0.416 e. The summed E-state index contributed by atoms with van der Waals surface area (Å²) in [5, 5.41) is 2.75. The van der Waals surface area contributed by atoms with Gasteiger partial charge < -0.3 is 10.1 Å².